The van der Waals surface area contributed by atoms with Crippen molar-refractivity contribution in [2.24, 2.45) is 0 Å². The Labute approximate surface area is 113 Å². The van der Waals surface area contributed by atoms with Crippen LogP contribution in [0.25, 0.3) is 0 Å². The molecule has 1 heterocycles. The van der Waals surface area contributed by atoms with Crippen LogP contribution in [0.3, 0.4) is 0 Å². The maximum Gasteiger partial charge on any atom is 0.0580 e. The molecule has 0 aliphatic carbocycles. The zero-order valence-electron chi connectivity index (χ0n) is 11.7. The van der Waals surface area contributed by atoms with E-state index in [0.717, 1.165) is 17.9 Å². The molecule has 2 nitrogen and oxygen atoms in total. The summed E-state index contributed by atoms with van der Waals surface area (Å²) in [6.45, 7) is 9.63. The summed E-state index contributed by atoms with van der Waals surface area (Å²) in [7, 11) is -0.860. The lowest BCUT2D eigenvalue weighted by Gasteiger charge is -2.18. The molecule has 2 rings (SSSR count). The highest BCUT2D eigenvalue weighted by Crippen LogP contribution is 2.37. The molecule has 0 radical (unpaired) electrons. The molecule has 0 fully saturated rings. The molecule has 1 aromatic rings. The van der Waals surface area contributed by atoms with Crippen LogP contribution in [-0.4, -0.2) is 16.0 Å². The van der Waals surface area contributed by atoms with Gasteiger partial charge in [-0.2, -0.15) is 0 Å². The minimum absolute atomic E-state index is 0.175. The summed E-state index contributed by atoms with van der Waals surface area (Å²) in [6.07, 6.45) is 1.11. The van der Waals surface area contributed by atoms with Gasteiger partial charge in [-0.3, -0.25) is 4.21 Å². The average molecular weight is 265 g/mol. The molecule has 0 amide bonds. The van der Waals surface area contributed by atoms with E-state index >= 15 is 0 Å². The smallest absolute Gasteiger partial charge is 0.0580 e. The van der Waals surface area contributed by atoms with E-state index in [9.17, 15) is 4.21 Å². The van der Waals surface area contributed by atoms with E-state index < -0.39 is 10.8 Å². The van der Waals surface area contributed by atoms with Crippen LogP contribution in [0.5, 0.6) is 0 Å². The van der Waals surface area contributed by atoms with Crippen molar-refractivity contribution in [3.8, 4) is 0 Å². The third-order valence-corrected chi connectivity index (χ3v) is 5.43. The molecule has 1 aliphatic rings. The van der Waals surface area contributed by atoms with E-state index in [1.807, 2.05) is 0 Å². The summed E-state index contributed by atoms with van der Waals surface area (Å²) in [6, 6.07) is 6.68. The summed E-state index contributed by atoms with van der Waals surface area (Å²) in [5, 5.41) is 3.72. The molecule has 1 aromatic carbocycles. The number of benzene rings is 1. The first-order valence-electron chi connectivity index (χ1n) is 6.84. The Kier molecular flexibility index (Phi) is 4.23. The second kappa shape index (κ2) is 5.54. The van der Waals surface area contributed by atoms with Gasteiger partial charge in [0.2, 0.25) is 0 Å². The van der Waals surface area contributed by atoms with E-state index in [0.29, 0.717) is 5.92 Å². The van der Waals surface area contributed by atoms with Gasteiger partial charge < -0.3 is 5.32 Å². The summed E-state index contributed by atoms with van der Waals surface area (Å²) < 4.78 is 12.3. The fourth-order valence-electron chi connectivity index (χ4n) is 2.50. The molecule has 3 atom stereocenters. The summed E-state index contributed by atoms with van der Waals surface area (Å²) in [5.74, 6) is 0.520. The molecule has 0 bridgehead atoms. The van der Waals surface area contributed by atoms with Gasteiger partial charge >= 0.3 is 0 Å². The summed E-state index contributed by atoms with van der Waals surface area (Å²) >= 11 is 0. The number of hydrogen-bond donors (Lipinski definition) is 1. The normalized spacial score (nSPS) is 26.6. The fourth-order valence-corrected chi connectivity index (χ4v) is 4.02. The van der Waals surface area contributed by atoms with Gasteiger partial charge in [0.15, 0.2) is 0 Å². The molecule has 0 saturated heterocycles. The number of rotatable bonds is 4. The predicted molar refractivity (Wildman–Crippen MR) is 77.4 cm³/mol. The van der Waals surface area contributed by atoms with Gasteiger partial charge in [0, 0.05) is 10.9 Å². The Bertz CT molecular complexity index is 456. The van der Waals surface area contributed by atoms with Crippen molar-refractivity contribution < 1.29 is 4.21 Å². The lowest BCUT2D eigenvalue weighted by molar-refractivity contribution is 0.526. The van der Waals surface area contributed by atoms with Crippen LogP contribution in [0.1, 0.15) is 57.2 Å². The molecule has 100 valence electrons. The van der Waals surface area contributed by atoms with E-state index in [2.05, 4.69) is 51.2 Å². The van der Waals surface area contributed by atoms with Gasteiger partial charge in [-0.1, -0.05) is 32.9 Å². The van der Waals surface area contributed by atoms with Gasteiger partial charge in [0.1, 0.15) is 0 Å². The number of nitrogens with one attached hydrogen (secondary N) is 1. The Morgan fingerprint density at radius 1 is 1.39 bits per heavy atom. The second-order valence-electron chi connectivity index (χ2n) is 5.39. The highest BCUT2D eigenvalue weighted by molar-refractivity contribution is 7.86. The topological polar surface area (TPSA) is 29.1 Å². The van der Waals surface area contributed by atoms with E-state index in [1.165, 1.54) is 11.1 Å². The molecule has 3 unspecified atom stereocenters. The van der Waals surface area contributed by atoms with Crippen LogP contribution in [0, 0.1) is 0 Å². The van der Waals surface area contributed by atoms with Gasteiger partial charge in [-0.15, -0.1) is 0 Å². The SMILES string of the molecule is CCCNC1c2cc(C(C)C)ccc2S(=O)C1C. The molecule has 0 aromatic heterocycles. The molecular formula is C15H23NOS. The maximum atomic E-state index is 12.3. The quantitative estimate of drug-likeness (QED) is 0.904. The zero-order valence-corrected chi connectivity index (χ0v) is 12.5. The molecule has 0 saturated carbocycles. The van der Waals surface area contributed by atoms with Crippen LogP contribution in [-0.2, 0) is 10.8 Å². The second-order valence-corrected chi connectivity index (χ2v) is 7.16. The lowest BCUT2D eigenvalue weighted by atomic mass is 9.96. The standard InChI is InChI=1S/C15H23NOS/c1-5-8-16-15-11(4)18(17)14-7-6-12(10(2)3)9-13(14)15/h6-7,9-11,15-16H,5,8H2,1-4H3. The molecule has 1 aliphatic heterocycles. The van der Waals surface area contributed by atoms with Gasteiger partial charge in [-0.25, -0.2) is 0 Å². The summed E-state index contributed by atoms with van der Waals surface area (Å²) in [4.78, 5) is 1.03. The minimum Gasteiger partial charge on any atom is -0.309 e. The van der Waals surface area contributed by atoms with Crippen molar-refractivity contribution in [3.63, 3.8) is 0 Å². The Morgan fingerprint density at radius 3 is 2.72 bits per heavy atom. The fraction of sp³-hybridized carbons (Fsp3) is 0.600. The average Bonchev–Trinajstić information content (AvgIpc) is 2.59. The van der Waals surface area contributed by atoms with Crippen molar-refractivity contribution in [1.29, 1.82) is 0 Å². The monoisotopic (exact) mass is 265 g/mol. The van der Waals surface area contributed by atoms with Crippen LogP contribution in [0.15, 0.2) is 23.1 Å². The van der Waals surface area contributed by atoms with Crippen molar-refractivity contribution in [1.82, 2.24) is 5.32 Å². The van der Waals surface area contributed by atoms with Crippen molar-refractivity contribution in [3.05, 3.63) is 29.3 Å². The summed E-state index contributed by atoms with van der Waals surface area (Å²) in [5.41, 5.74) is 2.59. The van der Waals surface area contributed by atoms with E-state index in [4.69, 9.17) is 0 Å². The van der Waals surface area contributed by atoms with Gasteiger partial charge in [-0.05, 0) is 43.0 Å². The third-order valence-electron chi connectivity index (χ3n) is 3.67. The first-order valence-corrected chi connectivity index (χ1v) is 8.05. The van der Waals surface area contributed by atoms with Crippen LogP contribution < -0.4 is 5.32 Å². The molecular weight excluding hydrogens is 242 g/mol. The molecule has 1 N–H and O–H groups in total. The van der Waals surface area contributed by atoms with Gasteiger partial charge in [0.05, 0.1) is 16.0 Å². The Balaban J connectivity index is 2.37. The molecule has 18 heavy (non-hydrogen) atoms. The predicted octanol–water partition coefficient (Wildman–Crippen LogP) is 3.36. The molecule has 0 spiro atoms. The first kappa shape index (κ1) is 13.8. The van der Waals surface area contributed by atoms with Crippen LogP contribution >= 0.6 is 0 Å². The third kappa shape index (κ3) is 2.39. The van der Waals surface area contributed by atoms with E-state index in [-0.39, 0.29) is 11.3 Å². The largest absolute Gasteiger partial charge is 0.309 e. The number of hydrogen-bond acceptors (Lipinski definition) is 2. The molecule has 3 heteroatoms. The van der Waals surface area contributed by atoms with E-state index in [1.54, 1.807) is 0 Å². The Morgan fingerprint density at radius 2 is 2.11 bits per heavy atom. The van der Waals surface area contributed by atoms with Crippen LogP contribution in [0.2, 0.25) is 0 Å². The lowest BCUT2D eigenvalue weighted by Crippen LogP contribution is -2.28. The highest BCUT2D eigenvalue weighted by Gasteiger charge is 2.35. The van der Waals surface area contributed by atoms with Crippen molar-refractivity contribution >= 4 is 10.8 Å². The van der Waals surface area contributed by atoms with Crippen LogP contribution in [0.4, 0.5) is 0 Å². The highest BCUT2D eigenvalue weighted by atomic mass is 32.2. The Hall–Kier alpha value is -0.670. The van der Waals surface area contributed by atoms with Gasteiger partial charge in [0.25, 0.3) is 0 Å². The first-order chi connectivity index (χ1) is 8.56. The number of fused-ring (bicyclic) bond motifs is 1. The van der Waals surface area contributed by atoms with Crippen molar-refractivity contribution in [2.75, 3.05) is 6.54 Å². The van der Waals surface area contributed by atoms with Crippen molar-refractivity contribution in [2.45, 2.75) is 56.2 Å². The maximum absolute atomic E-state index is 12.3. The minimum atomic E-state index is -0.860. The zero-order chi connectivity index (χ0) is 13.3.